The molecule has 0 saturated heterocycles. The first-order valence-corrected chi connectivity index (χ1v) is 6.66. The number of nitrogens with zero attached hydrogens (tertiary/aromatic N) is 1. The molecule has 19 heavy (non-hydrogen) atoms. The van der Waals surface area contributed by atoms with E-state index in [-0.39, 0.29) is 18.6 Å². The van der Waals surface area contributed by atoms with Gasteiger partial charge in [-0.05, 0) is 38.8 Å². The normalized spacial score (nSPS) is 12.1. The van der Waals surface area contributed by atoms with Gasteiger partial charge in [0, 0.05) is 19.6 Å². The summed E-state index contributed by atoms with van der Waals surface area (Å²) in [6, 6.07) is 6.02. The molecule has 1 rings (SSSR count). The van der Waals surface area contributed by atoms with Crippen molar-refractivity contribution in [2.24, 2.45) is 5.73 Å². The van der Waals surface area contributed by atoms with Gasteiger partial charge in [0.25, 0.3) is 5.91 Å². The van der Waals surface area contributed by atoms with Crippen LogP contribution in [0.5, 0.6) is 5.75 Å². The van der Waals surface area contributed by atoms with Gasteiger partial charge in [-0.15, -0.1) is 0 Å². The van der Waals surface area contributed by atoms with E-state index in [9.17, 15) is 4.79 Å². The molecule has 4 nitrogen and oxygen atoms in total. The van der Waals surface area contributed by atoms with Crippen molar-refractivity contribution in [3.8, 4) is 5.75 Å². The van der Waals surface area contributed by atoms with E-state index in [2.05, 4.69) is 6.07 Å². The number of rotatable bonds is 6. The molecule has 1 amide bonds. The second kappa shape index (κ2) is 7.14. The molecule has 0 aliphatic rings. The highest BCUT2D eigenvalue weighted by Crippen LogP contribution is 2.21. The summed E-state index contributed by atoms with van der Waals surface area (Å²) in [5.41, 5.74) is 8.06. The molecular formula is C15H24N2O2. The number of nitrogens with two attached hydrogens (primary N) is 1. The molecule has 1 unspecified atom stereocenters. The molecule has 1 atom stereocenters. The summed E-state index contributed by atoms with van der Waals surface area (Å²) in [4.78, 5) is 13.4. The van der Waals surface area contributed by atoms with E-state index in [1.807, 2.05) is 32.9 Å². The third-order valence-electron chi connectivity index (χ3n) is 3.01. The van der Waals surface area contributed by atoms with Gasteiger partial charge in [0.2, 0.25) is 0 Å². The number of amides is 1. The highest BCUT2D eigenvalue weighted by molar-refractivity contribution is 5.77. The van der Waals surface area contributed by atoms with E-state index in [0.29, 0.717) is 6.54 Å². The second-order valence-electron chi connectivity index (χ2n) is 4.99. The first-order valence-electron chi connectivity index (χ1n) is 6.66. The number of ether oxygens (including phenoxy) is 1. The number of aryl methyl sites for hydroxylation is 1. The predicted octanol–water partition coefficient (Wildman–Crippen LogP) is 1.74. The van der Waals surface area contributed by atoms with E-state index in [0.717, 1.165) is 17.7 Å². The van der Waals surface area contributed by atoms with Gasteiger partial charge in [0.05, 0.1) is 0 Å². The van der Waals surface area contributed by atoms with Gasteiger partial charge in [-0.1, -0.05) is 17.7 Å². The van der Waals surface area contributed by atoms with Crippen LogP contribution in [0.25, 0.3) is 0 Å². The Labute approximate surface area is 115 Å². The molecule has 1 aromatic carbocycles. The molecule has 0 aromatic heterocycles. The molecule has 0 spiro atoms. The third-order valence-corrected chi connectivity index (χ3v) is 3.01. The Bertz CT molecular complexity index is 430. The van der Waals surface area contributed by atoms with E-state index in [1.54, 1.807) is 11.9 Å². The Kier molecular flexibility index (Phi) is 5.83. The van der Waals surface area contributed by atoms with Crippen molar-refractivity contribution in [3.63, 3.8) is 0 Å². The molecule has 106 valence electrons. The molecule has 4 heteroatoms. The Morgan fingerprint density at radius 3 is 2.74 bits per heavy atom. The zero-order valence-electron chi connectivity index (χ0n) is 12.3. The average molecular weight is 264 g/mol. The van der Waals surface area contributed by atoms with E-state index in [4.69, 9.17) is 10.5 Å². The summed E-state index contributed by atoms with van der Waals surface area (Å²) < 4.78 is 5.63. The van der Waals surface area contributed by atoms with Gasteiger partial charge < -0.3 is 15.4 Å². The first kappa shape index (κ1) is 15.5. The Hall–Kier alpha value is -1.55. The van der Waals surface area contributed by atoms with E-state index >= 15 is 0 Å². The van der Waals surface area contributed by atoms with E-state index < -0.39 is 0 Å². The van der Waals surface area contributed by atoms with Crippen LogP contribution in [-0.4, -0.2) is 37.0 Å². The lowest BCUT2D eigenvalue weighted by atomic mass is 10.0. The standard InChI is InChI=1S/C15H24N2O2/c1-5-17(4)15(18)10-19-14-7-6-11(2)8-13(14)9-12(3)16/h6-8,12H,5,9-10,16H2,1-4H3. The molecule has 0 heterocycles. The zero-order chi connectivity index (χ0) is 14.4. The van der Waals surface area contributed by atoms with Crippen LogP contribution in [0.2, 0.25) is 0 Å². The van der Waals surface area contributed by atoms with Crippen LogP contribution in [0.4, 0.5) is 0 Å². The SMILES string of the molecule is CCN(C)C(=O)COc1ccc(C)cc1CC(C)N. The van der Waals surface area contributed by atoms with Crippen molar-refractivity contribution in [1.82, 2.24) is 4.90 Å². The molecular weight excluding hydrogens is 240 g/mol. The highest BCUT2D eigenvalue weighted by Gasteiger charge is 2.11. The average Bonchev–Trinajstić information content (AvgIpc) is 2.35. The van der Waals surface area contributed by atoms with Crippen LogP contribution < -0.4 is 10.5 Å². The van der Waals surface area contributed by atoms with Crippen LogP contribution in [0.15, 0.2) is 18.2 Å². The fraction of sp³-hybridized carbons (Fsp3) is 0.533. The van der Waals surface area contributed by atoms with Crippen LogP contribution >= 0.6 is 0 Å². The maximum Gasteiger partial charge on any atom is 0.260 e. The van der Waals surface area contributed by atoms with Crippen molar-refractivity contribution >= 4 is 5.91 Å². The lowest BCUT2D eigenvalue weighted by Gasteiger charge is -2.17. The number of hydrogen-bond donors (Lipinski definition) is 1. The minimum Gasteiger partial charge on any atom is -0.483 e. The van der Waals surface area contributed by atoms with Gasteiger partial charge in [-0.3, -0.25) is 4.79 Å². The minimum absolute atomic E-state index is 0.0187. The van der Waals surface area contributed by atoms with Crippen LogP contribution in [0.1, 0.15) is 25.0 Å². The molecule has 0 aliphatic carbocycles. The summed E-state index contributed by atoms with van der Waals surface area (Å²) >= 11 is 0. The van der Waals surface area contributed by atoms with Crippen molar-refractivity contribution in [1.29, 1.82) is 0 Å². The second-order valence-corrected chi connectivity index (χ2v) is 4.99. The predicted molar refractivity (Wildman–Crippen MR) is 77.3 cm³/mol. The van der Waals surface area contributed by atoms with Crippen LogP contribution in [-0.2, 0) is 11.2 Å². The summed E-state index contributed by atoms with van der Waals surface area (Å²) in [6.07, 6.45) is 0.745. The number of likely N-dealkylation sites (N-methyl/N-ethyl adjacent to an activating group) is 1. The van der Waals surface area contributed by atoms with Crippen molar-refractivity contribution in [2.45, 2.75) is 33.2 Å². The van der Waals surface area contributed by atoms with Gasteiger partial charge in [0.1, 0.15) is 5.75 Å². The van der Waals surface area contributed by atoms with E-state index in [1.165, 1.54) is 5.56 Å². The van der Waals surface area contributed by atoms with Crippen LogP contribution in [0.3, 0.4) is 0 Å². The molecule has 0 saturated carbocycles. The Morgan fingerprint density at radius 2 is 2.16 bits per heavy atom. The maximum atomic E-state index is 11.7. The lowest BCUT2D eigenvalue weighted by molar-refractivity contribution is -0.131. The topological polar surface area (TPSA) is 55.6 Å². The highest BCUT2D eigenvalue weighted by atomic mass is 16.5. The molecule has 0 bridgehead atoms. The zero-order valence-corrected chi connectivity index (χ0v) is 12.3. The molecule has 0 aliphatic heterocycles. The molecule has 2 N–H and O–H groups in total. The smallest absolute Gasteiger partial charge is 0.260 e. The quantitative estimate of drug-likeness (QED) is 0.851. The number of carbonyl (C=O) groups excluding carboxylic acids is 1. The molecule has 0 radical (unpaired) electrons. The summed E-state index contributed by atoms with van der Waals surface area (Å²) in [5, 5.41) is 0. The summed E-state index contributed by atoms with van der Waals surface area (Å²) in [7, 11) is 1.77. The minimum atomic E-state index is -0.0187. The van der Waals surface area contributed by atoms with Gasteiger partial charge >= 0.3 is 0 Å². The third kappa shape index (κ3) is 4.91. The van der Waals surface area contributed by atoms with Crippen molar-refractivity contribution < 1.29 is 9.53 Å². The summed E-state index contributed by atoms with van der Waals surface area (Å²) in [5.74, 6) is 0.732. The molecule has 0 fully saturated rings. The maximum absolute atomic E-state index is 11.7. The first-order chi connectivity index (χ1) is 8.93. The fourth-order valence-corrected chi connectivity index (χ4v) is 1.78. The number of hydrogen-bond acceptors (Lipinski definition) is 3. The summed E-state index contributed by atoms with van der Waals surface area (Å²) in [6.45, 7) is 6.68. The lowest BCUT2D eigenvalue weighted by Crippen LogP contribution is -2.31. The Morgan fingerprint density at radius 1 is 1.47 bits per heavy atom. The van der Waals surface area contributed by atoms with Crippen LogP contribution in [0, 0.1) is 6.92 Å². The monoisotopic (exact) mass is 264 g/mol. The van der Waals surface area contributed by atoms with Crippen molar-refractivity contribution in [2.75, 3.05) is 20.2 Å². The van der Waals surface area contributed by atoms with Gasteiger partial charge in [0.15, 0.2) is 6.61 Å². The number of carbonyl (C=O) groups is 1. The van der Waals surface area contributed by atoms with Gasteiger partial charge in [-0.25, -0.2) is 0 Å². The molecule has 1 aromatic rings. The van der Waals surface area contributed by atoms with Gasteiger partial charge in [-0.2, -0.15) is 0 Å². The Balaban J connectivity index is 2.74. The van der Waals surface area contributed by atoms with Crippen molar-refractivity contribution in [3.05, 3.63) is 29.3 Å². The number of benzene rings is 1. The largest absolute Gasteiger partial charge is 0.483 e. The fourth-order valence-electron chi connectivity index (χ4n) is 1.78.